The number of nitrogens with one attached hydrogen (secondary N) is 1. The molecule has 9 nitrogen and oxygen atoms in total. The number of benzene rings is 1. The molecule has 4 aromatic rings. The first-order valence-corrected chi connectivity index (χ1v) is 13.1. The smallest absolute Gasteiger partial charge is 0.248 e. The summed E-state index contributed by atoms with van der Waals surface area (Å²) >= 11 is 2.98. The highest BCUT2D eigenvalue weighted by atomic mass is 32.1. The quantitative estimate of drug-likeness (QED) is 0.353. The molecule has 0 fully saturated rings. The summed E-state index contributed by atoms with van der Waals surface area (Å²) < 4.78 is 5.19. The lowest BCUT2D eigenvalue weighted by Gasteiger charge is -2.32. The Morgan fingerprint density at radius 1 is 1.08 bits per heavy atom. The summed E-state index contributed by atoms with van der Waals surface area (Å²) in [5, 5.41) is 19.5. The van der Waals surface area contributed by atoms with E-state index in [2.05, 4.69) is 20.7 Å². The molecule has 3 aromatic heterocycles. The first-order chi connectivity index (χ1) is 17.2. The number of amides is 2. The van der Waals surface area contributed by atoms with Gasteiger partial charge in [-0.3, -0.25) is 9.59 Å². The lowest BCUT2D eigenvalue weighted by molar-refractivity contribution is -0.142. The van der Waals surface area contributed by atoms with E-state index in [1.54, 1.807) is 12.0 Å². The Balaban J connectivity index is 1.61. The highest BCUT2D eigenvalue weighted by molar-refractivity contribution is 7.10. The lowest BCUT2D eigenvalue weighted by atomic mass is 10.1. The van der Waals surface area contributed by atoms with Gasteiger partial charge in [-0.1, -0.05) is 12.1 Å². The van der Waals surface area contributed by atoms with Gasteiger partial charge in [0.15, 0.2) is 0 Å². The maximum Gasteiger partial charge on any atom is 0.248 e. The first-order valence-electron chi connectivity index (χ1n) is 11.3. The molecular weight excluding hydrogens is 496 g/mol. The van der Waals surface area contributed by atoms with Crippen molar-refractivity contribution in [3.8, 4) is 17.1 Å². The summed E-state index contributed by atoms with van der Waals surface area (Å²) in [7, 11) is 1.60. The Morgan fingerprint density at radius 3 is 2.42 bits per heavy atom. The van der Waals surface area contributed by atoms with Gasteiger partial charge in [-0.15, -0.1) is 32.9 Å². The van der Waals surface area contributed by atoms with Crippen LogP contribution in [0.25, 0.3) is 11.4 Å². The Kier molecular flexibility index (Phi) is 7.80. The minimum absolute atomic E-state index is 0.154. The van der Waals surface area contributed by atoms with Crippen LogP contribution in [0.5, 0.6) is 5.75 Å². The fraction of sp³-hybridized carbons (Fsp3) is 0.320. The van der Waals surface area contributed by atoms with E-state index in [1.165, 1.54) is 27.5 Å². The minimum atomic E-state index is -0.789. The third-order valence-electron chi connectivity index (χ3n) is 5.18. The van der Waals surface area contributed by atoms with E-state index < -0.39 is 11.6 Å². The van der Waals surface area contributed by atoms with Crippen molar-refractivity contribution in [3.63, 3.8) is 0 Å². The highest BCUT2D eigenvalue weighted by Gasteiger charge is 2.34. The van der Waals surface area contributed by atoms with Gasteiger partial charge in [0, 0.05) is 20.9 Å². The normalized spacial score (nSPS) is 12.2. The van der Waals surface area contributed by atoms with E-state index in [-0.39, 0.29) is 24.9 Å². The van der Waals surface area contributed by atoms with Crippen LogP contribution in [0, 0.1) is 0 Å². The molecule has 0 aliphatic rings. The van der Waals surface area contributed by atoms with Crippen molar-refractivity contribution in [1.29, 1.82) is 0 Å². The van der Waals surface area contributed by atoms with Crippen LogP contribution in [0.15, 0.2) is 59.3 Å². The molecule has 1 aromatic carbocycles. The third kappa shape index (κ3) is 6.35. The molecule has 1 N–H and O–H groups in total. The number of carbonyl (C=O) groups excluding carboxylic acids is 2. The summed E-state index contributed by atoms with van der Waals surface area (Å²) in [6.45, 7) is 5.89. The lowest BCUT2D eigenvalue weighted by Crippen LogP contribution is -2.49. The number of hydrogen-bond donors (Lipinski definition) is 1. The number of hydrogen-bond acceptors (Lipinski definition) is 8. The van der Waals surface area contributed by atoms with Crippen LogP contribution < -0.4 is 10.1 Å². The maximum atomic E-state index is 13.7. The number of thiophene rings is 2. The van der Waals surface area contributed by atoms with E-state index in [4.69, 9.17) is 4.74 Å². The van der Waals surface area contributed by atoms with Gasteiger partial charge in [0.1, 0.15) is 18.3 Å². The van der Waals surface area contributed by atoms with Crippen molar-refractivity contribution in [1.82, 2.24) is 30.4 Å². The van der Waals surface area contributed by atoms with E-state index in [0.717, 1.165) is 21.1 Å². The zero-order valence-corrected chi connectivity index (χ0v) is 22.2. The molecule has 0 saturated heterocycles. The molecule has 36 heavy (non-hydrogen) atoms. The average Bonchev–Trinajstić information content (AvgIpc) is 3.61. The number of rotatable bonds is 9. The van der Waals surface area contributed by atoms with Crippen LogP contribution in [0.3, 0.4) is 0 Å². The first kappa shape index (κ1) is 25.5. The van der Waals surface area contributed by atoms with Crippen molar-refractivity contribution in [2.75, 3.05) is 7.11 Å². The monoisotopic (exact) mass is 524 g/mol. The van der Waals surface area contributed by atoms with E-state index >= 15 is 0 Å². The Hall–Kier alpha value is -3.57. The minimum Gasteiger partial charge on any atom is -0.497 e. The van der Waals surface area contributed by atoms with Crippen molar-refractivity contribution in [3.05, 3.63) is 69.0 Å². The third-order valence-corrected chi connectivity index (χ3v) is 6.96. The van der Waals surface area contributed by atoms with E-state index in [9.17, 15) is 9.59 Å². The fourth-order valence-corrected chi connectivity index (χ4v) is 5.12. The Bertz CT molecular complexity index is 1280. The molecule has 0 saturated carbocycles. The number of methoxy groups -OCH3 is 1. The molecule has 188 valence electrons. The fourth-order valence-electron chi connectivity index (χ4n) is 3.58. The summed E-state index contributed by atoms with van der Waals surface area (Å²) in [6, 6.07) is 14.1. The summed E-state index contributed by atoms with van der Waals surface area (Å²) in [6.07, 6.45) is 0. The van der Waals surface area contributed by atoms with Gasteiger partial charge in [-0.05, 0) is 73.1 Å². The van der Waals surface area contributed by atoms with Crippen LogP contribution >= 0.6 is 22.7 Å². The SMILES string of the molecule is COc1ccc(-c2nnn(CC(=O)N(Cc3cccs3)C(C(=O)NC(C)(C)C)c3cccs3)n2)cc1. The Labute approximate surface area is 217 Å². The van der Waals surface area contributed by atoms with Gasteiger partial charge in [-0.2, -0.15) is 4.80 Å². The number of carbonyl (C=O) groups is 2. The summed E-state index contributed by atoms with van der Waals surface area (Å²) in [5.74, 6) is 0.596. The summed E-state index contributed by atoms with van der Waals surface area (Å²) in [5.41, 5.74) is 0.302. The number of tetrazole rings is 1. The molecule has 0 spiro atoms. The van der Waals surface area contributed by atoms with Gasteiger partial charge >= 0.3 is 0 Å². The second-order valence-corrected chi connectivity index (χ2v) is 11.1. The topological polar surface area (TPSA) is 102 Å². The molecule has 11 heteroatoms. The van der Waals surface area contributed by atoms with Crippen LogP contribution in [-0.2, 0) is 22.7 Å². The number of ether oxygens (including phenoxy) is 1. The molecule has 0 bridgehead atoms. The average molecular weight is 525 g/mol. The van der Waals surface area contributed by atoms with Crippen LogP contribution in [-0.4, -0.2) is 49.6 Å². The molecule has 1 atom stereocenters. The van der Waals surface area contributed by atoms with Crippen molar-refractivity contribution in [2.24, 2.45) is 0 Å². The van der Waals surface area contributed by atoms with Gasteiger partial charge < -0.3 is 15.0 Å². The highest BCUT2D eigenvalue weighted by Crippen LogP contribution is 2.29. The standard InChI is InChI=1S/C25H28N6O3S2/c1-25(2,3)26-24(33)22(20-8-6-14-36-20)30(15-19-7-5-13-35-19)21(32)16-31-28-23(27-29-31)17-9-11-18(34-4)12-10-17/h5-14,22H,15-16H2,1-4H3,(H,26,33). The molecule has 1 unspecified atom stereocenters. The van der Waals surface area contributed by atoms with E-state index in [1.807, 2.05) is 80.1 Å². The number of nitrogens with zero attached hydrogens (tertiary/aromatic N) is 5. The maximum absolute atomic E-state index is 13.7. The van der Waals surface area contributed by atoms with Crippen LogP contribution in [0.2, 0.25) is 0 Å². The van der Waals surface area contributed by atoms with Crippen LogP contribution in [0.4, 0.5) is 0 Å². The van der Waals surface area contributed by atoms with Gasteiger partial charge in [0.05, 0.1) is 13.7 Å². The molecule has 4 rings (SSSR count). The predicted molar refractivity (Wildman–Crippen MR) is 140 cm³/mol. The Morgan fingerprint density at radius 2 is 1.81 bits per heavy atom. The zero-order valence-electron chi connectivity index (χ0n) is 20.5. The van der Waals surface area contributed by atoms with Gasteiger partial charge in [0.2, 0.25) is 17.6 Å². The van der Waals surface area contributed by atoms with Gasteiger partial charge in [-0.25, -0.2) is 0 Å². The van der Waals surface area contributed by atoms with Crippen LogP contribution in [0.1, 0.15) is 36.6 Å². The molecular formula is C25H28N6O3S2. The van der Waals surface area contributed by atoms with E-state index in [0.29, 0.717) is 5.82 Å². The summed E-state index contributed by atoms with van der Waals surface area (Å²) in [4.78, 5) is 31.8. The van der Waals surface area contributed by atoms with Crippen molar-refractivity contribution < 1.29 is 14.3 Å². The van der Waals surface area contributed by atoms with Gasteiger partial charge in [0.25, 0.3) is 0 Å². The molecule has 2 amide bonds. The van der Waals surface area contributed by atoms with Crippen molar-refractivity contribution in [2.45, 2.75) is 45.4 Å². The molecule has 0 aliphatic heterocycles. The second-order valence-electron chi connectivity index (χ2n) is 9.13. The largest absolute Gasteiger partial charge is 0.497 e. The molecule has 0 aliphatic carbocycles. The number of aromatic nitrogens is 4. The molecule has 3 heterocycles. The second kappa shape index (κ2) is 11.0. The zero-order chi connectivity index (χ0) is 25.7. The predicted octanol–water partition coefficient (Wildman–Crippen LogP) is 4.16. The molecule has 0 radical (unpaired) electrons. The van der Waals surface area contributed by atoms with Crippen molar-refractivity contribution >= 4 is 34.5 Å².